The number of H-pyrrole nitrogens is 1. The highest BCUT2D eigenvalue weighted by Crippen LogP contribution is 2.07. The van der Waals surface area contributed by atoms with Gasteiger partial charge in [0.1, 0.15) is 18.1 Å². The average molecular weight is 483 g/mol. The Kier molecular flexibility index (Phi) is 11.2. The van der Waals surface area contributed by atoms with Gasteiger partial charge in [0.25, 0.3) is 0 Å². The Balaban J connectivity index is 3.09. The second-order valence-electron chi connectivity index (χ2n) is 8.67. The second-order valence-corrected chi connectivity index (χ2v) is 8.67. The van der Waals surface area contributed by atoms with Crippen LogP contribution in [0.5, 0.6) is 0 Å². The molecule has 1 rings (SSSR count). The highest BCUT2D eigenvalue weighted by atomic mass is 16.4. The number of hydrogen-bond acceptors (Lipinski definition) is 7. The van der Waals surface area contributed by atoms with Crippen LogP contribution in [0.4, 0.5) is 0 Å². The van der Waals surface area contributed by atoms with E-state index in [-0.39, 0.29) is 18.8 Å². The maximum absolute atomic E-state index is 13.1. The van der Waals surface area contributed by atoms with Crippen LogP contribution in [-0.4, -0.2) is 74.0 Å². The molecule has 4 unspecified atom stereocenters. The van der Waals surface area contributed by atoms with Gasteiger partial charge < -0.3 is 36.9 Å². The average Bonchev–Trinajstić information content (AvgIpc) is 3.25. The fourth-order valence-electron chi connectivity index (χ4n) is 2.97. The van der Waals surface area contributed by atoms with Crippen LogP contribution in [-0.2, 0) is 30.4 Å². The van der Waals surface area contributed by atoms with E-state index in [4.69, 9.17) is 10.8 Å². The number of aromatic nitrogens is 2. The quantitative estimate of drug-likeness (QED) is 0.173. The third-order valence-electron chi connectivity index (χ3n) is 5.14. The fourth-order valence-corrected chi connectivity index (χ4v) is 2.97. The fraction of sp³-hybridized carbons (Fsp3) is 0.619. The van der Waals surface area contributed by atoms with Gasteiger partial charge in [0.2, 0.25) is 17.7 Å². The van der Waals surface area contributed by atoms with Gasteiger partial charge >= 0.3 is 11.9 Å². The van der Waals surface area contributed by atoms with Crippen LogP contribution in [0.2, 0.25) is 0 Å². The van der Waals surface area contributed by atoms with E-state index in [0.29, 0.717) is 5.69 Å². The third-order valence-corrected chi connectivity index (χ3v) is 5.14. The van der Waals surface area contributed by atoms with Crippen LogP contribution in [0.15, 0.2) is 12.5 Å². The molecule has 0 spiro atoms. The van der Waals surface area contributed by atoms with E-state index in [9.17, 15) is 29.1 Å². The second kappa shape index (κ2) is 13.3. The summed E-state index contributed by atoms with van der Waals surface area (Å²) >= 11 is 0. The Labute approximate surface area is 197 Å². The van der Waals surface area contributed by atoms with Gasteiger partial charge in [0.15, 0.2) is 0 Å². The molecule has 8 N–H and O–H groups in total. The predicted molar refractivity (Wildman–Crippen MR) is 120 cm³/mol. The van der Waals surface area contributed by atoms with Crippen molar-refractivity contribution in [3.63, 3.8) is 0 Å². The number of hydrogen-bond donors (Lipinski definition) is 7. The molecule has 0 aliphatic heterocycles. The van der Waals surface area contributed by atoms with Crippen LogP contribution in [0.3, 0.4) is 0 Å². The number of carbonyl (C=O) groups is 5. The predicted octanol–water partition coefficient (Wildman–Crippen LogP) is -1.00. The monoisotopic (exact) mass is 482 g/mol. The molecule has 190 valence electrons. The molecule has 0 aromatic carbocycles. The number of imidazole rings is 1. The lowest BCUT2D eigenvalue weighted by atomic mass is 10.0. The summed E-state index contributed by atoms with van der Waals surface area (Å²) in [6.07, 6.45) is 2.12. The van der Waals surface area contributed by atoms with Crippen molar-refractivity contribution in [2.75, 3.05) is 0 Å². The molecule has 1 aromatic rings. The molecule has 3 amide bonds. The normalized spacial score (nSPS) is 14.7. The smallest absolute Gasteiger partial charge is 0.326 e. The van der Waals surface area contributed by atoms with E-state index in [1.165, 1.54) is 12.5 Å². The zero-order valence-electron chi connectivity index (χ0n) is 19.7. The summed E-state index contributed by atoms with van der Waals surface area (Å²) in [5, 5.41) is 25.7. The number of carboxylic acids is 2. The van der Waals surface area contributed by atoms with Gasteiger partial charge in [-0.05, 0) is 18.3 Å². The van der Waals surface area contributed by atoms with Crippen LogP contribution >= 0.6 is 0 Å². The first-order valence-corrected chi connectivity index (χ1v) is 10.9. The minimum Gasteiger partial charge on any atom is -0.481 e. The van der Waals surface area contributed by atoms with E-state index in [2.05, 4.69) is 25.9 Å². The van der Waals surface area contributed by atoms with Crippen LogP contribution in [0.1, 0.15) is 46.2 Å². The summed E-state index contributed by atoms with van der Waals surface area (Å²) in [5.41, 5.74) is 6.40. The number of nitrogens with two attached hydrogens (primary N) is 1. The molecule has 0 aliphatic carbocycles. The van der Waals surface area contributed by atoms with Gasteiger partial charge in [-0.15, -0.1) is 0 Å². The van der Waals surface area contributed by atoms with Gasteiger partial charge in [0.05, 0.1) is 12.4 Å². The lowest BCUT2D eigenvalue weighted by Crippen LogP contribution is -2.58. The molecule has 0 saturated heterocycles. The van der Waals surface area contributed by atoms with Crippen molar-refractivity contribution in [2.24, 2.45) is 17.6 Å². The lowest BCUT2D eigenvalue weighted by molar-refractivity contribution is -0.144. The number of aliphatic carboxylic acids is 2. The van der Waals surface area contributed by atoms with Crippen LogP contribution in [0.25, 0.3) is 0 Å². The third kappa shape index (κ3) is 9.17. The molecular formula is C21H34N6O7. The summed E-state index contributed by atoms with van der Waals surface area (Å²) in [5.74, 6) is -5.31. The van der Waals surface area contributed by atoms with E-state index < -0.39 is 66.2 Å². The SMILES string of the molecule is CC(C)C(N)C(=O)NC(Cc1cnc[nH]1)C(=O)NC(CCC(=O)O)C(=O)NC(C(=O)O)C(C)C. The molecule has 0 fully saturated rings. The first-order chi connectivity index (χ1) is 15.8. The van der Waals surface area contributed by atoms with Gasteiger partial charge in [-0.2, -0.15) is 0 Å². The van der Waals surface area contributed by atoms with Crippen molar-refractivity contribution in [2.45, 2.75) is 71.1 Å². The molecule has 0 saturated carbocycles. The molecule has 0 aliphatic rings. The number of nitrogens with zero attached hydrogens (tertiary/aromatic N) is 1. The molecule has 1 heterocycles. The minimum absolute atomic E-state index is 0.000592. The van der Waals surface area contributed by atoms with Crippen molar-refractivity contribution in [3.8, 4) is 0 Å². The summed E-state index contributed by atoms with van der Waals surface area (Å²) < 4.78 is 0. The minimum atomic E-state index is -1.34. The number of aromatic amines is 1. The van der Waals surface area contributed by atoms with E-state index in [1.54, 1.807) is 27.7 Å². The van der Waals surface area contributed by atoms with Crippen molar-refractivity contribution >= 4 is 29.7 Å². The highest BCUT2D eigenvalue weighted by Gasteiger charge is 2.32. The van der Waals surface area contributed by atoms with Crippen molar-refractivity contribution in [1.82, 2.24) is 25.9 Å². The van der Waals surface area contributed by atoms with Crippen molar-refractivity contribution < 1.29 is 34.2 Å². The Morgan fingerprint density at radius 2 is 1.53 bits per heavy atom. The summed E-state index contributed by atoms with van der Waals surface area (Å²) in [4.78, 5) is 67.5. The van der Waals surface area contributed by atoms with E-state index in [1.807, 2.05) is 0 Å². The lowest BCUT2D eigenvalue weighted by Gasteiger charge is -2.26. The first kappa shape index (κ1) is 28.6. The molecule has 4 atom stereocenters. The molecular weight excluding hydrogens is 448 g/mol. The number of nitrogens with one attached hydrogen (secondary N) is 4. The molecule has 13 nitrogen and oxygen atoms in total. The molecule has 34 heavy (non-hydrogen) atoms. The van der Waals surface area contributed by atoms with Gasteiger partial charge in [-0.1, -0.05) is 27.7 Å². The Morgan fingerprint density at radius 3 is 2.00 bits per heavy atom. The first-order valence-electron chi connectivity index (χ1n) is 10.9. The van der Waals surface area contributed by atoms with E-state index >= 15 is 0 Å². The number of amides is 3. The maximum atomic E-state index is 13.1. The largest absolute Gasteiger partial charge is 0.481 e. The highest BCUT2D eigenvalue weighted by molar-refractivity contribution is 5.94. The number of carbonyl (C=O) groups excluding carboxylic acids is 3. The van der Waals surface area contributed by atoms with Crippen LogP contribution in [0, 0.1) is 11.8 Å². The summed E-state index contributed by atoms with van der Waals surface area (Å²) in [7, 11) is 0. The summed E-state index contributed by atoms with van der Waals surface area (Å²) in [6.45, 7) is 6.68. The molecule has 0 bridgehead atoms. The zero-order chi connectivity index (χ0) is 26.0. The Bertz CT molecular complexity index is 856. The topological polar surface area (TPSA) is 217 Å². The zero-order valence-corrected chi connectivity index (χ0v) is 19.7. The van der Waals surface area contributed by atoms with Crippen molar-refractivity contribution in [3.05, 3.63) is 18.2 Å². The number of carboxylic acid groups (broad SMARTS) is 2. The Hall–Kier alpha value is -3.48. The van der Waals surface area contributed by atoms with Gasteiger partial charge in [-0.3, -0.25) is 19.2 Å². The molecule has 0 radical (unpaired) electrons. The summed E-state index contributed by atoms with van der Waals surface area (Å²) in [6, 6.07) is -4.62. The van der Waals surface area contributed by atoms with Gasteiger partial charge in [0, 0.05) is 24.7 Å². The van der Waals surface area contributed by atoms with Crippen molar-refractivity contribution in [1.29, 1.82) is 0 Å². The van der Waals surface area contributed by atoms with E-state index in [0.717, 1.165) is 0 Å². The number of rotatable bonds is 14. The maximum Gasteiger partial charge on any atom is 0.326 e. The van der Waals surface area contributed by atoms with Crippen LogP contribution < -0.4 is 21.7 Å². The standard InChI is InChI=1S/C21H34N6O7/c1-10(2)16(22)20(32)26-14(7-12-8-23-9-24-12)19(31)25-13(5-6-15(28)29)18(30)27-17(11(3)4)21(33)34/h8-11,13-14,16-17H,5-7,22H2,1-4H3,(H,23,24)(H,25,31)(H,26,32)(H,27,30)(H,28,29)(H,33,34). The Morgan fingerprint density at radius 1 is 0.941 bits per heavy atom. The molecule has 13 heteroatoms. The molecule has 1 aromatic heterocycles. The van der Waals surface area contributed by atoms with Gasteiger partial charge in [-0.25, -0.2) is 9.78 Å².